The minimum Gasteiger partial charge on any atom is -0.379 e. The number of hydrogen-bond donors (Lipinski definition) is 3. The number of amides is 1. The Morgan fingerprint density at radius 1 is 1.25 bits per heavy atom. The van der Waals surface area contributed by atoms with Crippen LogP contribution in [0, 0.1) is 0 Å². The Morgan fingerprint density at radius 3 is 2.75 bits per heavy atom. The molecule has 28 heavy (non-hydrogen) atoms. The monoisotopic (exact) mass is 389 g/mol. The van der Waals surface area contributed by atoms with Crippen molar-refractivity contribution in [2.24, 2.45) is 4.99 Å². The summed E-state index contributed by atoms with van der Waals surface area (Å²) < 4.78 is 5.42. The largest absolute Gasteiger partial charge is 0.379 e. The molecule has 1 saturated heterocycles. The van der Waals surface area contributed by atoms with Gasteiger partial charge in [0.05, 0.1) is 19.8 Å². The summed E-state index contributed by atoms with van der Waals surface area (Å²) in [7, 11) is 0. The molecule has 7 nitrogen and oxygen atoms in total. The van der Waals surface area contributed by atoms with Crippen LogP contribution < -0.4 is 16.0 Å². The summed E-state index contributed by atoms with van der Waals surface area (Å²) in [5.41, 5.74) is 1.89. The van der Waals surface area contributed by atoms with Gasteiger partial charge in [-0.05, 0) is 38.0 Å². The van der Waals surface area contributed by atoms with Crippen LogP contribution in [0.1, 0.15) is 39.2 Å². The molecule has 0 bridgehead atoms. The highest BCUT2D eigenvalue weighted by atomic mass is 16.5. The number of morpholine rings is 1. The number of nitrogens with zero attached hydrogens (tertiary/aromatic N) is 2. The molecular formula is C21H35N5O2. The molecule has 0 spiro atoms. The maximum absolute atomic E-state index is 11.8. The normalized spacial score (nSPS) is 16.5. The van der Waals surface area contributed by atoms with Crippen LogP contribution in [0.3, 0.4) is 0 Å². The third kappa shape index (κ3) is 7.86. The summed E-state index contributed by atoms with van der Waals surface area (Å²) in [5.74, 6) is 0.860. The van der Waals surface area contributed by atoms with Gasteiger partial charge in [0.2, 0.25) is 5.91 Å². The average molecular weight is 390 g/mol. The van der Waals surface area contributed by atoms with Crippen LogP contribution in [0.4, 0.5) is 5.69 Å². The molecule has 1 heterocycles. The zero-order chi connectivity index (χ0) is 20.2. The third-order valence-electron chi connectivity index (χ3n) is 4.69. The zero-order valence-electron chi connectivity index (χ0n) is 17.5. The van der Waals surface area contributed by atoms with Gasteiger partial charge in [0.25, 0.3) is 0 Å². The van der Waals surface area contributed by atoms with Crippen LogP contribution in [-0.4, -0.2) is 62.2 Å². The Bertz CT molecular complexity index is 629. The lowest BCUT2D eigenvalue weighted by Crippen LogP contribution is -2.49. The molecule has 0 aromatic heterocycles. The Balaban J connectivity index is 1.89. The minimum absolute atomic E-state index is 0.0512. The van der Waals surface area contributed by atoms with Crippen molar-refractivity contribution in [3.05, 3.63) is 29.8 Å². The molecular weight excluding hydrogens is 354 g/mol. The maximum atomic E-state index is 11.8. The van der Waals surface area contributed by atoms with Crippen molar-refractivity contribution in [3.8, 4) is 0 Å². The highest BCUT2D eigenvalue weighted by Gasteiger charge is 2.16. The molecule has 1 aromatic rings. The fourth-order valence-electron chi connectivity index (χ4n) is 3.10. The average Bonchev–Trinajstić information content (AvgIpc) is 2.71. The van der Waals surface area contributed by atoms with E-state index in [0.717, 1.165) is 63.0 Å². The van der Waals surface area contributed by atoms with Crippen LogP contribution in [-0.2, 0) is 16.1 Å². The summed E-state index contributed by atoms with van der Waals surface area (Å²) >= 11 is 0. The van der Waals surface area contributed by atoms with Gasteiger partial charge < -0.3 is 20.7 Å². The third-order valence-corrected chi connectivity index (χ3v) is 4.69. The summed E-state index contributed by atoms with van der Waals surface area (Å²) in [4.78, 5) is 18.9. The predicted molar refractivity (Wildman–Crippen MR) is 115 cm³/mol. The first-order valence-corrected chi connectivity index (χ1v) is 10.3. The molecule has 0 radical (unpaired) electrons. The van der Waals surface area contributed by atoms with E-state index < -0.39 is 0 Å². The number of guanidine groups is 1. The van der Waals surface area contributed by atoms with E-state index in [0.29, 0.717) is 19.0 Å². The Kier molecular flexibility index (Phi) is 9.79. The van der Waals surface area contributed by atoms with Crippen molar-refractivity contribution in [2.45, 2.75) is 46.2 Å². The van der Waals surface area contributed by atoms with E-state index in [1.165, 1.54) is 0 Å². The van der Waals surface area contributed by atoms with E-state index in [2.05, 4.69) is 34.7 Å². The zero-order valence-corrected chi connectivity index (χ0v) is 17.5. The Hall–Kier alpha value is -2.12. The molecule has 0 saturated carbocycles. The van der Waals surface area contributed by atoms with Crippen molar-refractivity contribution in [2.75, 3.05) is 44.7 Å². The Labute approximate surface area is 168 Å². The molecule has 1 aromatic carbocycles. The number of aliphatic imine (C=N–C) groups is 1. The summed E-state index contributed by atoms with van der Waals surface area (Å²) in [6.07, 6.45) is 1.38. The van der Waals surface area contributed by atoms with Crippen molar-refractivity contribution in [1.29, 1.82) is 0 Å². The van der Waals surface area contributed by atoms with Crippen molar-refractivity contribution in [3.63, 3.8) is 0 Å². The molecule has 156 valence electrons. The standard InChI is InChI=1S/C21H35N5O2/c1-4-7-20(27)25-19-9-6-8-18(14-19)16-24-21(22-5-2)23-15-17(3)26-10-12-28-13-11-26/h6,8-9,14,17H,4-5,7,10-13,15-16H2,1-3H3,(H,25,27)(H2,22,23,24). The lowest BCUT2D eigenvalue weighted by atomic mass is 10.2. The van der Waals surface area contributed by atoms with Crippen molar-refractivity contribution < 1.29 is 9.53 Å². The highest BCUT2D eigenvalue weighted by molar-refractivity contribution is 5.90. The number of nitrogens with one attached hydrogen (secondary N) is 3. The van der Waals surface area contributed by atoms with E-state index in [-0.39, 0.29) is 5.91 Å². The van der Waals surface area contributed by atoms with Crippen LogP contribution in [0.2, 0.25) is 0 Å². The van der Waals surface area contributed by atoms with Gasteiger partial charge in [-0.25, -0.2) is 4.99 Å². The first kappa shape index (κ1) is 22.2. The lowest BCUT2D eigenvalue weighted by Gasteiger charge is -2.32. The van der Waals surface area contributed by atoms with Crippen LogP contribution >= 0.6 is 0 Å². The second kappa shape index (κ2) is 12.4. The second-order valence-electron chi connectivity index (χ2n) is 7.07. The van der Waals surface area contributed by atoms with Gasteiger partial charge in [0.1, 0.15) is 0 Å². The molecule has 1 unspecified atom stereocenters. The van der Waals surface area contributed by atoms with Gasteiger partial charge in [0.15, 0.2) is 5.96 Å². The number of carbonyl (C=O) groups is 1. The highest BCUT2D eigenvalue weighted by Crippen LogP contribution is 2.12. The van der Waals surface area contributed by atoms with E-state index >= 15 is 0 Å². The number of hydrogen-bond acceptors (Lipinski definition) is 4. The van der Waals surface area contributed by atoms with Gasteiger partial charge in [-0.15, -0.1) is 0 Å². The first-order chi connectivity index (χ1) is 13.6. The first-order valence-electron chi connectivity index (χ1n) is 10.3. The lowest BCUT2D eigenvalue weighted by molar-refractivity contribution is -0.116. The molecule has 1 amide bonds. The fraction of sp³-hybridized carbons (Fsp3) is 0.619. The molecule has 0 aliphatic carbocycles. The van der Waals surface area contributed by atoms with Crippen LogP contribution in [0.25, 0.3) is 0 Å². The minimum atomic E-state index is 0.0512. The molecule has 1 fully saturated rings. The Morgan fingerprint density at radius 2 is 2.04 bits per heavy atom. The summed E-state index contributed by atoms with van der Waals surface area (Å²) in [5, 5.41) is 9.68. The van der Waals surface area contributed by atoms with E-state index in [1.54, 1.807) is 0 Å². The second-order valence-corrected chi connectivity index (χ2v) is 7.07. The van der Waals surface area contributed by atoms with E-state index in [1.807, 2.05) is 31.2 Å². The van der Waals surface area contributed by atoms with Gasteiger partial charge >= 0.3 is 0 Å². The summed E-state index contributed by atoms with van der Waals surface area (Å²) in [6, 6.07) is 8.29. The van der Waals surface area contributed by atoms with Crippen molar-refractivity contribution in [1.82, 2.24) is 15.5 Å². The number of benzene rings is 1. The van der Waals surface area contributed by atoms with E-state index in [4.69, 9.17) is 9.73 Å². The smallest absolute Gasteiger partial charge is 0.224 e. The van der Waals surface area contributed by atoms with Gasteiger partial charge in [-0.2, -0.15) is 0 Å². The molecule has 2 rings (SSSR count). The predicted octanol–water partition coefficient (Wildman–Crippen LogP) is 2.20. The molecule has 7 heteroatoms. The van der Waals surface area contributed by atoms with Crippen molar-refractivity contribution >= 4 is 17.6 Å². The number of anilines is 1. The topological polar surface area (TPSA) is 78.0 Å². The maximum Gasteiger partial charge on any atom is 0.224 e. The number of carbonyl (C=O) groups excluding carboxylic acids is 1. The SMILES string of the molecule is CCCC(=O)Nc1cccc(CN=C(NCC)NCC(C)N2CCOCC2)c1. The van der Waals surface area contributed by atoms with E-state index in [9.17, 15) is 4.79 Å². The molecule has 1 aliphatic rings. The molecule has 1 atom stereocenters. The van der Waals surface area contributed by atoms with Gasteiger partial charge in [-0.3, -0.25) is 9.69 Å². The molecule has 1 aliphatic heterocycles. The number of rotatable bonds is 9. The van der Waals surface area contributed by atoms with Gasteiger partial charge in [-0.1, -0.05) is 19.1 Å². The van der Waals surface area contributed by atoms with Crippen LogP contribution in [0.15, 0.2) is 29.3 Å². The summed E-state index contributed by atoms with van der Waals surface area (Å²) in [6.45, 7) is 12.1. The van der Waals surface area contributed by atoms with Crippen LogP contribution in [0.5, 0.6) is 0 Å². The van der Waals surface area contributed by atoms with Gasteiger partial charge in [0, 0.05) is 44.3 Å². The molecule has 3 N–H and O–H groups in total. The fourth-order valence-corrected chi connectivity index (χ4v) is 3.10. The quantitative estimate of drug-likeness (QED) is 0.446. The number of ether oxygens (including phenoxy) is 1.